The van der Waals surface area contributed by atoms with Gasteiger partial charge in [-0.3, -0.25) is 9.58 Å². The highest BCUT2D eigenvalue weighted by Gasteiger charge is 2.31. The molecule has 1 aliphatic rings. The number of benzene rings is 1. The number of aromatic nitrogens is 2. The van der Waals surface area contributed by atoms with Crippen molar-refractivity contribution in [2.45, 2.75) is 19.9 Å². The molecule has 1 aliphatic heterocycles. The van der Waals surface area contributed by atoms with E-state index in [1.807, 2.05) is 59.8 Å². The zero-order valence-electron chi connectivity index (χ0n) is 11.5. The molecular weight excluding hydrogens is 240 g/mol. The minimum Gasteiger partial charge on any atom is -0.320 e. The Kier molecular flexibility index (Phi) is 2.69. The van der Waals surface area contributed by atoms with Gasteiger partial charge in [0.2, 0.25) is 0 Å². The molecule has 3 rings (SSSR count). The predicted molar refractivity (Wildman–Crippen MR) is 75.3 cm³/mol. The molecular formula is C14H18N4O. The molecule has 2 amide bonds. The van der Waals surface area contributed by atoms with Gasteiger partial charge in [-0.1, -0.05) is 0 Å². The molecule has 0 radical (unpaired) electrons. The smallest absolute Gasteiger partial charge is 0.320 e. The van der Waals surface area contributed by atoms with Crippen LogP contribution < -0.4 is 4.90 Å². The summed E-state index contributed by atoms with van der Waals surface area (Å²) in [7, 11) is 1.92. The van der Waals surface area contributed by atoms with E-state index in [9.17, 15) is 4.79 Å². The third kappa shape index (κ3) is 1.85. The first-order valence-electron chi connectivity index (χ1n) is 6.58. The highest BCUT2D eigenvalue weighted by Crippen LogP contribution is 2.25. The number of anilines is 1. The monoisotopic (exact) mass is 258 g/mol. The van der Waals surface area contributed by atoms with Crippen LogP contribution in [0.15, 0.2) is 24.4 Å². The quantitative estimate of drug-likeness (QED) is 0.828. The lowest BCUT2D eigenvalue weighted by Crippen LogP contribution is -2.36. The van der Waals surface area contributed by atoms with Crippen molar-refractivity contribution in [1.29, 1.82) is 0 Å². The average molecular weight is 258 g/mol. The van der Waals surface area contributed by atoms with Crippen LogP contribution in [-0.4, -0.2) is 39.8 Å². The van der Waals surface area contributed by atoms with Crippen molar-refractivity contribution in [2.75, 3.05) is 18.0 Å². The summed E-state index contributed by atoms with van der Waals surface area (Å²) >= 11 is 0. The van der Waals surface area contributed by atoms with Crippen LogP contribution in [0, 0.1) is 0 Å². The van der Waals surface area contributed by atoms with E-state index in [4.69, 9.17) is 0 Å². The summed E-state index contributed by atoms with van der Waals surface area (Å²) in [6.07, 6.45) is 1.83. The Morgan fingerprint density at radius 2 is 2.05 bits per heavy atom. The number of nitrogens with zero attached hydrogens (tertiary/aromatic N) is 4. The fourth-order valence-corrected chi connectivity index (χ4v) is 2.59. The van der Waals surface area contributed by atoms with E-state index in [1.165, 1.54) is 0 Å². The second-order valence-corrected chi connectivity index (χ2v) is 5.23. The van der Waals surface area contributed by atoms with Gasteiger partial charge >= 0.3 is 6.03 Å². The zero-order valence-corrected chi connectivity index (χ0v) is 11.5. The van der Waals surface area contributed by atoms with Crippen LogP contribution in [-0.2, 0) is 7.05 Å². The summed E-state index contributed by atoms with van der Waals surface area (Å²) in [5.41, 5.74) is 2.03. The largest absolute Gasteiger partial charge is 0.324 e. The Hall–Kier alpha value is -2.04. The van der Waals surface area contributed by atoms with E-state index in [2.05, 4.69) is 5.10 Å². The molecule has 0 N–H and O–H groups in total. The van der Waals surface area contributed by atoms with Crippen molar-refractivity contribution >= 4 is 22.6 Å². The van der Waals surface area contributed by atoms with Gasteiger partial charge in [-0.25, -0.2) is 4.79 Å². The van der Waals surface area contributed by atoms with Crippen molar-refractivity contribution in [2.24, 2.45) is 7.05 Å². The molecule has 1 aromatic carbocycles. The SMILES string of the molecule is CC(C)N1CCN(c2ccc3c(cnn3C)c2)C1=O. The van der Waals surface area contributed by atoms with Crippen LogP contribution in [0.5, 0.6) is 0 Å². The lowest BCUT2D eigenvalue weighted by Gasteiger charge is -2.21. The molecule has 0 bridgehead atoms. The summed E-state index contributed by atoms with van der Waals surface area (Å²) in [6, 6.07) is 6.39. The maximum Gasteiger partial charge on any atom is 0.324 e. The Bertz CT molecular complexity index is 631. The fourth-order valence-electron chi connectivity index (χ4n) is 2.59. The molecule has 0 saturated carbocycles. The fraction of sp³-hybridized carbons (Fsp3) is 0.429. The van der Waals surface area contributed by atoms with Gasteiger partial charge in [0.1, 0.15) is 0 Å². The van der Waals surface area contributed by atoms with Crippen LogP contribution in [0.25, 0.3) is 10.9 Å². The maximum absolute atomic E-state index is 12.3. The number of amides is 2. The number of rotatable bonds is 2. The normalized spacial score (nSPS) is 16.1. The van der Waals surface area contributed by atoms with Gasteiger partial charge in [0.05, 0.1) is 11.7 Å². The second kappa shape index (κ2) is 4.26. The Labute approximate surface area is 112 Å². The van der Waals surface area contributed by atoms with Crippen molar-refractivity contribution in [3.8, 4) is 0 Å². The van der Waals surface area contributed by atoms with E-state index in [-0.39, 0.29) is 12.1 Å². The number of fused-ring (bicyclic) bond motifs is 1. The average Bonchev–Trinajstić information content (AvgIpc) is 2.93. The van der Waals surface area contributed by atoms with Gasteiger partial charge in [0, 0.05) is 37.3 Å². The summed E-state index contributed by atoms with van der Waals surface area (Å²) < 4.78 is 1.84. The molecule has 0 spiro atoms. The Morgan fingerprint density at radius 1 is 1.26 bits per heavy atom. The van der Waals surface area contributed by atoms with Crippen LogP contribution in [0.3, 0.4) is 0 Å². The zero-order chi connectivity index (χ0) is 13.6. The van der Waals surface area contributed by atoms with E-state index >= 15 is 0 Å². The van der Waals surface area contributed by atoms with Gasteiger partial charge in [-0.15, -0.1) is 0 Å². The van der Waals surface area contributed by atoms with Crippen LogP contribution in [0.4, 0.5) is 10.5 Å². The molecule has 2 aromatic rings. The van der Waals surface area contributed by atoms with E-state index < -0.39 is 0 Å². The molecule has 0 aliphatic carbocycles. The standard InChI is InChI=1S/C14H18N4O/c1-10(2)17-6-7-18(14(17)19)12-4-5-13-11(8-12)9-15-16(13)3/h4-5,8-10H,6-7H2,1-3H3. The van der Waals surface area contributed by atoms with Gasteiger partial charge in [0.25, 0.3) is 0 Å². The highest BCUT2D eigenvalue weighted by molar-refractivity contribution is 5.96. The van der Waals surface area contributed by atoms with Gasteiger partial charge in [0.15, 0.2) is 0 Å². The topological polar surface area (TPSA) is 41.4 Å². The molecule has 19 heavy (non-hydrogen) atoms. The van der Waals surface area contributed by atoms with Crippen LogP contribution in [0.1, 0.15) is 13.8 Å². The Balaban J connectivity index is 1.95. The third-order valence-corrected chi connectivity index (χ3v) is 3.71. The summed E-state index contributed by atoms with van der Waals surface area (Å²) in [4.78, 5) is 16.1. The number of urea groups is 1. The third-order valence-electron chi connectivity index (χ3n) is 3.71. The number of aryl methyl sites for hydroxylation is 1. The summed E-state index contributed by atoms with van der Waals surface area (Å²) in [6.45, 7) is 5.64. The molecule has 0 atom stereocenters. The predicted octanol–water partition coefficient (Wildman–Crippen LogP) is 2.22. The summed E-state index contributed by atoms with van der Waals surface area (Å²) in [5.74, 6) is 0. The van der Waals surface area contributed by atoms with Crippen molar-refractivity contribution in [3.05, 3.63) is 24.4 Å². The highest BCUT2D eigenvalue weighted by atomic mass is 16.2. The molecule has 0 unspecified atom stereocenters. The molecule has 1 saturated heterocycles. The minimum absolute atomic E-state index is 0.0956. The van der Waals surface area contributed by atoms with Gasteiger partial charge in [-0.05, 0) is 32.0 Å². The Morgan fingerprint density at radius 3 is 2.74 bits per heavy atom. The molecule has 5 nitrogen and oxygen atoms in total. The molecule has 5 heteroatoms. The van der Waals surface area contributed by atoms with Gasteiger partial charge < -0.3 is 4.90 Å². The number of hydrogen-bond donors (Lipinski definition) is 0. The number of carbonyl (C=O) groups excluding carboxylic acids is 1. The first kappa shape index (κ1) is 12.0. The first-order valence-corrected chi connectivity index (χ1v) is 6.58. The maximum atomic E-state index is 12.3. The van der Waals surface area contributed by atoms with E-state index in [1.54, 1.807) is 0 Å². The summed E-state index contributed by atoms with van der Waals surface area (Å²) in [5, 5.41) is 5.29. The van der Waals surface area contributed by atoms with Gasteiger partial charge in [-0.2, -0.15) is 5.10 Å². The molecule has 2 heterocycles. The number of hydrogen-bond acceptors (Lipinski definition) is 2. The lowest BCUT2D eigenvalue weighted by molar-refractivity contribution is 0.209. The lowest BCUT2D eigenvalue weighted by atomic mass is 10.2. The number of carbonyl (C=O) groups is 1. The van der Waals surface area contributed by atoms with E-state index in [0.717, 1.165) is 29.7 Å². The molecule has 1 aromatic heterocycles. The molecule has 1 fully saturated rings. The van der Waals surface area contributed by atoms with Crippen molar-refractivity contribution in [3.63, 3.8) is 0 Å². The minimum atomic E-state index is 0.0956. The second-order valence-electron chi connectivity index (χ2n) is 5.23. The molecule has 100 valence electrons. The van der Waals surface area contributed by atoms with Crippen molar-refractivity contribution < 1.29 is 4.79 Å². The van der Waals surface area contributed by atoms with Crippen LogP contribution >= 0.6 is 0 Å². The first-order chi connectivity index (χ1) is 9.08. The van der Waals surface area contributed by atoms with Crippen molar-refractivity contribution in [1.82, 2.24) is 14.7 Å². The van der Waals surface area contributed by atoms with E-state index in [0.29, 0.717) is 0 Å². The van der Waals surface area contributed by atoms with Crippen LogP contribution in [0.2, 0.25) is 0 Å².